The van der Waals surface area contributed by atoms with Gasteiger partial charge in [-0.1, -0.05) is 24.3 Å². The number of aliphatic imine (C=N–C) groups is 1. The van der Waals surface area contributed by atoms with E-state index < -0.39 is 0 Å². The molecule has 0 saturated heterocycles. The van der Waals surface area contributed by atoms with Crippen LogP contribution < -0.4 is 10.6 Å². The average Bonchev–Trinajstić information content (AvgIpc) is 3.22. The fourth-order valence-corrected chi connectivity index (χ4v) is 4.34. The third-order valence-electron chi connectivity index (χ3n) is 6.04. The van der Waals surface area contributed by atoms with Crippen LogP contribution in [0.3, 0.4) is 0 Å². The molecule has 1 heterocycles. The Hall–Kier alpha value is -2.57. The van der Waals surface area contributed by atoms with Crippen LogP contribution >= 0.6 is 0 Å². The van der Waals surface area contributed by atoms with Crippen LogP contribution in [0.4, 0.5) is 0 Å². The largest absolute Gasteiger partial charge is 0.466 e. The lowest BCUT2D eigenvalue weighted by Gasteiger charge is -2.29. The van der Waals surface area contributed by atoms with Gasteiger partial charge in [0.2, 0.25) is 5.91 Å². The van der Waals surface area contributed by atoms with Crippen LogP contribution in [0.2, 0.25) is 0 Å². The van der Waals surface area contributed by atoms with E-state index in [0.717, 1.165) is 57.7 Å². The summed E-state index contributed by atoms with van der Waals surface area (Å²) in [4.78, 5) is 31.0. The molecule has 7 heteroatoms. The molecule has 2 aliphatic rings. The minimum Gasteiger partial charge on any atom is -0.466 e. The second kappa shape index (κ2) is 11.7. The number of hydrogen-bond acceptors (Lipinski definition) is 4. The molecule has 170 valence electrons. The summed E-state index contributed by atoms with van der Waals surface area (Å²) in [5.41, 5.74) is 2.51. The van der Waals surface area contributed by atoms with Gasteiger partial charge in [-0.3, -0.25) is 14.6 Å². The van der Waals surface area contributed by atoms with Crippen LogP contribution in [0.5, 0.6) is 0 Å². The number of carbonyl (C=O) groups excluding carboxylic acids is 2. The van der Waals surface area contributed by atoms with Crippen molar-refractivity contribution >= 4 is 17.8 Å². The smallest absolute Gasteiger partial charge is 0.308 e. The van der Waals surface area contributed by atoms with Crippen LogP contribution in [0.25, 0.3) is 0 Å². The Bertz CT molecular complexity index is 747. The summed E-state index contributed by atoms with van der Waals surface area (Å²) >= 11 is 0. The first-order valence-electron chi connectivity index (χ1n) is 11.7. The number of nitrogens with one attached hydrogen (secondary N) is 2. The standard InChI is InChI=1S/C24H36N4O3/c1-3-25-24(27-21-13-11-18(12-14-21)23(30)31-4-2)26-15-7-10-22(29)28-16-19-8-5-6-9-20(19)17-28/h5-6,8-9,18,21H,3-4,7,10-17H2,1-2H3,(H2,25,26,27). The van der Waals surface area contributed by atoms with Crippen molar-refractivity contribution in [1.29, 1.82) is 0 Å². The lowest BCUT2D eigenvalue weighted by atomic mass is 9.86. The minimum atomic E-state index is -0.0627. The second-order valence-corrected chi connectivity index (χ2v) is 8.33. The number of ether oxygens (including phenoxy) is 1. The zero-order chi connectivity index (χ0) is 22.1. The molecule has 1 fully saturated rings. The molecule has 0 radical (unpaired) electrons. The highest BCUT2D eigenvalue weighted by atomic mass is 16.5. The highest BCUT2D eigenvalue weighted by molar-refractivity contribution is 5.80. The fraction of sp³-hybridized carbons (Fsp3) is 0.625. The lowest BCUT2D eigenvalue weighted by Crippen LogP contribution is -2.45. The van der Waals surface area contributed by atoms with E-state index in [2.05, 4.69) is 27.8 Å². The molecule has 1 aliphatic heterocycles. The minimum absolute atomic E-state index is 0.0280. The molecule has 0 aromatic heterocycles. The number of benzene rings is 1. The molecule has 31 heavy (non-hydrogen) atoms. The zero-order valence-corrected chi connectivity index (χ0v) is 18.9. The molecule has 1 aromatic carbocycles. The van der Waals surface area contributed by atoms with Gasteiger partial charge in [-0.25, -0.2) is 0 Å². The van der Waals surface area contributed by atoms with Crippen LogP contribution in [-0.2, 0) is 27.4 Å². The van der Waals surface area contributed by atoms with Crippen molar-refractivity contribution in [2.45, 2.75) is 71.5 Å². The maximum Gasteiger partial charge on any atom is 0.308 e. The van der Waals surface area contributed by atoms with Gasteiger partial charge in [0.25, 0.3) is 0 Å². The SMILES string of the molecule is CCNC(=NCCCC(=O)N1Cc2ccccc2C1)NC1CCC(C(=O)OCC)CC1. The number of rotatable bonds is 8. The lowest BCUT2D eigenvalue weighted by molar-refractivity contribution is -0.149. The summed E-state index contributed by atoms with van der Waals surface area (Å²) in [5, 5.41) is 6.79. The Morgan fingerprint density at radius 3 is 2.39 bits per heavy atom. The van der Waals surface area contributed by atoms with Gasteiger partial charge in [-0.05, 0) is 57.1 Å². The Morgan fingerprint density at radius 1 is 1.10 bits per heavy atom. The molecule has 0 bridgehead atoms. The van der Waals surface area contributed by atoms with Gasteiger partial charge in [-0.2, -0.15) is 0 Å². The molecule has 2 N–H and O–H groups in total. The molecule has 3 rings (SSSR count). The van der Waals surface area contributed by atoms with Crippen molar-refractivity contribution in [2.24, 2.45) is 10.9 Å². The Labute approximate surface area is 185 Å². The van der Waals surface area contributed by atoms with Crippen molar-refractivity contribution in [3.05, 3.63) is 35.4 Å². The van der Waals surface area contributed by atoms with Crippen LogP contribution in [-0.4, -0.2) is 48.5 Å². The maximum atomic E-state index is 12.5. The van der Waals surface area contributed by atoms with Crippen molar-refractivity contribution in [2.75, 3.05) is 19.7 Å². The van der Waals surface area contributed by atoms with Crippen LogP contribution in [0.1, 0.15) is 63.5 Å². The second-order valence-electron chi connectivity index (χ2n) is 8.33. The van der Waals surface area contributed by atoms with E-state index in [1.54, 1.807) is 0 Å². The van der Waals surface area contributed by atoms with Crippen LogP contribution in [0.15, 0.2) is 29.3 Å². The topological polar surface area (TPSA) is 83.0 Å². The van der Waals surface area contributed by atoms with Crippen molar-refractivity contribution in [3.8, 4) is 0 Å². The van der Waals surface area contributed by atoms with E-state index in [1.165, 1.54) is 11.1 Å². The molecule has 0 unspecified atom stereocenters. The van der Waals surface area contributed by atoms with Gasteiger partial charge in [-0.15, -0.1) is 0 Å². The van der Waals surface area contributed by atoms with Gasteiger partial charge in [0.05, 0.1) is 12.5 Å². The predicted octanol–water partition coefficient (Wildman–Crippen LogP) is 2.99. The van der Waals surface area contributed by atoms with Crippen molar-refractivity contribution in [1.82, 2.24) is 15.5 Å². The molecule has 1 amide bonds. The van der Waals surface area contributed by atoms with Crippen LogP contribution in [0, 0.1) is 5.92 Å². The number of guanidine groups is 1. The summed E-state index contributed by atoms with van der Waals surface area (Å²) in [6.07, 6.45) is 4.81. The third-order valence-corrected chi connectivity index (χ3v) is 6.04. The Morgan fingerprint density at radius 2 is 1.77 bits per heavy atom. The molecular formula is C24H36N4O3. The molecular weight excluding hydrogens is 392 g/mol. The summed E-state index contributed by atoms with van der Waals surface area (Å²) in [7, 11) is 0. The summed E-state index contributed by atoms with van der Waals surface area (Å²) in [6.45, 7) is 7.18. The van der Waals surface area contributed by atoms with E-state index in [1.807, 2.05) is 30.9 Å². The van der Waals surface area contributed by atoms with E-state index in [-0.39, 0.29) is 17.8 Å². The highest BCUT2D eigenvalue weighted by Crippen LogP contribution is 2.25. The number of esters is 1. The monoisotopic (exact) mass is 428 g/mol. The fourth-order valence-electron chi connectivity index (χ4n) is 4.34. The molecule has 1 saturated carbocycles. The number of nitrogens with zero attached hydrogens (tertiary/aromatic N) is 2. The van der Waals surface area contributed by atoms with Crippen molar-refractivity contribution in [3.63, 3.8) is 0 Å². The van der Waals surface area contributed by atoms with E-state index in [0.29, 0.717) is 25.6 Å². The first kappa shape index (κ1) is 23.1. The zero-order valence-electron chi connectivity index (χ0n) is 18.9. The van der Waals surface area contributed by atoms with Gasteiger partial charge < -0.3 is 20.3 Å². The van der Waals surface area contributed by atoms with E-state index >= 15 is 0 Å². The number of hydrogen-bond donors (Lipinski definition) is 2. The maximum absolute atomic E-state index is 12.5. The predicted molar refractivity (Wildman–Crippen MR) is 121 cm³/mol. The highest BCUT2D eigenvalue weighted by Gasteiger charge is 2.27. The quantitative estimate of drug-likeness (QED) is 0.288. The number of fused-ring (bicyclic) bond motifs is 1. The summed E-state index contributed by atoms with van der Waals surface area (Å²) in [6, 6.07) is 8.57. The molecule has 0 spiro atoms. The Kier molecular flexibility index (Phi) is 8.74. The molecule has 1 aliphatic carbocycles. The van der Waals surface area contributed by atoms with Gasteiger partial charge in [0, 0.05) is 38.6 Å². The van der Waals surface area contributed by atoms with Gasteiger partial charge in [0.1, 0.15) is 0 Å². The molecule has 1 aromatic rings. The number of amides is 1. The average molecular weight is 429 g/mol. The Balaban J connectivity index is 1.39. The molecule has 0 atom stereocenters. The van der Waals surface area contributed by atoms with Gasteiger partial charge in [0.15, 0.2) is 5.96 Å². The first-order chi connectivity index (χ1) is 15.1. The van der Waals surface area contributed by atoms with Gasteiger partial charge >= 0.3 is 5.97 Å². The normalized spacial score (nSPS) is 20.8. The van der Waals surface area contributed by atoms with E-state index in [9.17, 15) is 9.59 Å². The van der Waals surface area contributed by atoms with E-state index in [4.69, 9.17) is 4.74 Å². The number of carbonyl (C=O) groups is 2. The first-order valence-corrected chi connectivity index (χ1v) is 11.7. The summed E-state index contributed by atoms with van der Waals surface area (Å²) in [5.74, 6) is 0.956. The molecule has 7 nitrogen and oxygen atoms in total. The van der Waals surface area contributed by atoms with Crippen molar-refractivity contribution < 1.29 is 14.3 Å². The third kappa shape index (κ3) is 6.71. The summed E-state index contributed by atoms with van der Waals surface area (Å²) < 4.78 is 5.15.